The lowest BCUT2D eigenvalue weighted by atomic mass is 10.1. The first-order valence-electron chi connectivity index (χ1n) is 10.8. The van der Waals surface area contributed by atoms with Crippen molar-refractivity contribution in [2.45, 2.75) is 13.8 Å². The SMILES string of the molecule is COc1cc(/C=C2\SC(=S)N(c3ccc(C)cc3)C2=O)ccc1OCCOc1cccc(C)c1. The highest BCUT2D eigenvalue weighted by Gasteiger charge is 2.33. The third-order valence-electron chi connectivity index (χ3n) is 5.17. The number of thioether (sulfide) groups is 1. The maximum absolute atomic E-state index is 13.0. The molecular weight excluding hydrogens is 466 g/mol. The molecule has 3 aromatic rings. The van der Waals surface area contributed by atoms with Crippen LogP contribution in [0.5, 0.6) is 17.2 Å². The molecule has 7 heteroatoms. The van der Waals surface area contributed by atoms with Crippen molar-refractivity contribution in [3.05, 3.63) is 88.3 Å². The van der Waals surface area contributed by atoms with Crippen molar-refractivity contribution < 1.29 is 19.0 Å². The van der Waals surface area contributed by atoms with Gasteiger partial charge in [0, 0.05) is 0 Å². The summed E-state index contributed by atoms with van der Waals surface area (Å²) in [5.41, 5.74) is 3.86. The monoisotopic (exact) mass is 491 g/mol. The van der Waals surface area contributed by atoms with Crippen molar-refractivity contribution in [2.75, 3.05) is 25.2 Å². The van der Waals surface area contributed by atoms with Gasteiger partial charge in [-0.1, -0.05) is 59.9 Å². The van der Waals surface area contributed by atoms with E-state index in [1.807, 2.05) is 86.7 Å². The highest BCUT2D eigenvalue weighted by molar-refractivity contribution is 8.27. The fraction of sp³-hybridized carbons (Fsp3) is 0.185. The molecule has 0 atom stereocenters. The average molecular weight is 492 g/mol. The van der Waals surface area contributed by atoms with Crippen LogP contribution in [0.1, 0.15) is 16.7 Å². The van der Waals surface area contributed by atoms with Crippen LogP contribution in [0.4, 0.5) is 5.69 Å². The van der Waals surface area contributed by atoms with Gasteiger partial charge in [0.25, 0.3) is 5.91 Å². The Kier molecular flexibility index (Phi) is 7.55. The highest BCUT2D eigenvalue weighted by atomic mass is 32.2. The molecule has 4 rings (SSSR count). The molecule has 0 spiro atoms. The van der Waals surface area contributed by atoms with Crippen molar-refractivity contribution in [2.24, 2.45) is 0 Å². The van der Waals surface area contributed by atoms with Crippen molar-refractivity contribution in [3.8, 4) is 17.2 Å². The second-order valence-electron chi connectivity index (χ2n) is 7.78. The number of nitrogens with zero attached hydrogens (tertiary/aromatic N) is 1. The van der Waals surface area contributed by atoms with Gasteiger partial charge in [-0.25, -0.2) is 0 Å². The Morgan fingerprint density at radius 2 is 1.68 bits per heavy atom. The number of hydrogen-bond donors (Lipinski definition) is 0. The normalized spacial score (nSPS) is 14.6. The van der Waals surface area contributed by atoms with Gasteiger partial charge in [0.05, 0.1) is 17.7 Å². The van der Waals surface area contributed by atoms with Crippen molar-refractivity contribution >= 4 is 46.0 Å². The van der Waals surface area contributed by atoms with E-state index in [9.17, 15) is 4.79 Å². The molecule has 1 saturated heterocycles. The van der Waals surface area contributed by atoms with E-state index in [2.05, 4.69) is 0 Å². The van der Waals surface area contributed by atoms with E-state index in [-0.39, 0.29) is 5.91 Å². The van der Waals surface area contributed by atoms with Crippen LogP contribution < -0.4 is 19.1 Å². The highest BCUT2D eigenvalue weighted by Crippen LogP contribution is 2.37. The van der Waals surface area contributed by atoms with Gasteiger partial charge < -0.3 is 14.2 Å². The first kappa shape index (κ1) is 23.9. The summed E-state index contributed by atoms with van der Waals surface area (Å²) in [6.45, 7) is 4.82. The number of thiocarbonyl (C=S) groups is 1. The zero-order valence-corrected chi connectivity index (χ0v) is 20.9. The van der Waals surface area contributed by atoms with Gasteiger partial charge in [-0.15, -0.1) is 0 Å². The summed E-state index contributed by atoms with van der Waals surface area (Å²) in [5, 5.41) is 0. The number of benzene rings is 3. The number of ether oxygens (including phenoxy) is 3. The molecule has 34 heavy (non-hydrogen) atoms. The fourth-order valence-electron chi connectivity index (χ4n) is 3.45. The molecule has 0 N–H and O–H groups in total. The number of carbonyl (C=O) groups excluding carboxylic acids is 1. The lowest BCUT2D eigenvalue weighted by Gasteiger charge is -2.14. The molecule has 0 aromatic heterocycles. The summed E-state index contributed by atoms with van der Waals surface area (Å²) in [6.07, 6.45) is 1.82. The Labute approximate surface area is 209 Å². The number of aryl methyl sites for hydroxylation is 2. The summed E-state index contributed by atoms with van der Waals surface area (Å²) >= 11 is 6.76. The molecule has 1 aliphatic heterocycles. The van der Waals surface area contributed by atoms with Crippen LogP contribution in [-0.2, 0) is 4.79 Å². The lowest BCUT2D eigenvalue weighted by molar-refractivity contribution is -0.113. The van der Waals surface area contributed by atoms with Gasteiger partial charge in [-0.3, -0.25) is 9.69 Å². The molecule has 0 aliphatic carbocycles. The largest absolute Gasteiger partial charge is 0.493 e. The number of anilines is 1. The molecule has 1 heterocycles. The molecule has 0 bridgehead atoms. The average Bonchev–Trinajstić information content (AvgIpc) is 3.10. The van der Waals surface area contributed by atoms with Crippen LogP contribution in [0.15, 0.2) is 71.6 Å². The smallest absolute Gasteiger partial charge is 0.270 e. The maximum atomic E-state index is 13.0. The number of amides is 1. The first-order chi connectivity index (χ1) is 16.4. The molecule has 0 saturated carbocycles. The van der Waals surface area contributed by atoms with Crippen LogP contribution in [0, 0.1) is 13.8 Å². The van der Waals surface area contributed by atoms with Crippen molar-refractivity contribution in [1.82, 2.24) is 0 Å². The molecule has 5 nitrogen and oxygen atoms in total. The number of methoxy groups -OCH3 is 1. The number of carbonyl (C=O) groups is 1. The van der Waals surface area contributed by atoms with Gasteiger partial charge in [0.1, 0.15) is 19.0 Å². The Morgan fingerprint density at radius 1 is 0.912 bits per heavy atom. The van der Waals surface area contributed by atoms with Crippen LogP contribution in [0.25, 0.3) is 6.08 Å². The molecule has 1 aliphatic rings. The molecule has 1 amide bonds. The molecular formula is C27H25NO4S2. The van der Waals surface area contributed by atoms with E-state index in [4.69, 9.17) is 26.4 Å². The minimum atomic E-state index is -0.133. The molecule has 3 aromatic carbocycles. The Bertz CT molecular complexity index is 1240. The Hall–Kier alpha value is -3.29. The van der Waals surface area contributed by atoms with Gasteiger partial charge in [0.2, 0.25) is 0 Å². The van der Waals surface area contributed by atoms with E-state index in [1.54, 1.807) is 12.0 Å². The van der Waals surface area contributed by atoms with Crippen LogP contribution in [0.3, 0.4) is 0 Å². The Balaban J connectivity index is 1.42. The second-order valence-corrected chi connectivity index (χ2v) is 9.45. The van der Waals surface area contributed by atoms with E-state index in [0.717, 1.165) is 28.1 Å². The zero-order valence-electron chi connectivity index (χ0n) is 19.2. The quantitative estimate of drug-likeness (QED) is 0.213. The number of hydrogen-bond acceptors (Lipinski definition) is 6. The fourth-order valence-corrected chi connectivity index (χ4v) is 4.74. The standard InChI is InChI=1S/C27H25NO4S2/c1-18-7-10-21(11-8-18)28-26(29)25(34-27(28)33)17-20-9-12-23(24(16-20)30-3)32-14-13-31-22-6-4-5-19(2)15-22/h4-12,15-17H,13-14H2,1-3H3/b25-17-. The molecule has 1 fully saturated rings. The van der Waals surface area contributed by atoms with Gasteiger partial charge >= 0.3 is 0 Å². The summed E-state index contributed by atoms with van der Waals surface area (Å²) in [7, 11) is 1.59. The van der Waals surface area contributed by atoms with Gasteiger partial charge in [-0.05, 0) is 67.4 Å². The van der Waals surface area contributed by atoms with Gasteiger partial charge in [-0.2, -0.15) is 0 Å². The van der Waals surface area contributed by atoms with Gasteiger partial charge in [0.15, 0.2) is 15.8 Å². The molecule has 174 valence electrons. The van der Waals surface area contributed by atoms with E-state index >= 15 is 0 Å². The summed E-state index contributed by atoms with van der Waals surface area (Å²) < 4.78 is 17.6. The van der Waals surface area contributed by atoms with E-state index in [1.165, 1.54) is 11.8 Å². The second kappa shape index (κ2) is 10.8. The predicted molar refractivity (Wildman–Crippen MR) is 142 cm³/mol. The lowest BCUT2D eigenvalue weighted by Crippen LogP contribution is -2.27. The minimum Gasteiger partial charge on any atom is -0.493 e. The topological polar surface area (TPSA) is 48.0 Å². The minimum absolute atomic E-state index is 0.133. The van der Waals surface area contributed by atoms with Crippen LogP contribution in [0.2, 0.25) is 0 Å². The number of rotatable bonds is 8. The summed E-state index contributed by atoms with van der Waals surface area (Å²) in [5.74, 6) is 1.87. The third kappa shape index (κ3) is 5.61. The Morgan fingerprint density at radius 3 is 2.41 bits per heavy atom. The first-order valence-corrected chi connectivity index (χ1v) is 12.0. The summed E-state index contributed by atoms with van der Waals surface area (Å²) in [6, 6.07) is 21.2. The third-order valence-corrected chi connectivity index (χ3v) is 6.47. The van der Waals surface area contributed by atoms with E-state index < -0.39 is 0 Å². The maximum Gasteiger partial charge on any atom is 0.270 e. The predicted octanol–water partition coefficient (Wildman–Crippen LogP) is 6.18. The van der Waals surface area contributed by atoms with Crippen molar-refractivity contribution in [3.63, 3.8) is 0 Å². The van der Waals surface area contributed by atoms with Crippen molar-refractivity contribution in [1.29, 1.82) is 0 Å². The summed E-state index contributed by atoms with van der Waals surface area (Å²) in [4.78, 5) is 15.1. The van der Waals surface area contributed by atoms with Crippen LogP contribution >= 0.6 is 24.0 Å². The molecule has 0 unspecified atom stereocenters. The van der Waals surface area contributed by atoms with Crippen LogP contribution in [-0.4, -0.2) is 30.6 Å². The zero-order chi connectivity index (χ0) is 24.1. The molecule has 0 radical (unpaired) electrons. The van der Waals surface area contributed by atoms with E-state index in [0.29, 0.717) is 33.9 Å².